The second-order valence-corrected chi connectivity index (χ2v) is 4.65. The van der Waals surface area contributed by atoms with Crippen LogP contribution in [0.5, 0.6) is 5.75 Å². The maximum atomic E-state index is 13.6. The molecule has 0 spiro atoms. The van der Waals surface area contributed by atoms with E-state index in [2.05, 4.69) is 10.2 Å². The van der Waals surface area contributed by atoms with Crippen LogP contribution in [0, 0.1) is 5.82 Å². The molecule has 4 heteroatoms. The van der Waals surface area contributed by atoms with Crippen LogP contribution in [-0.4, -0.2) is 38.2 Å². The van der Waals surface area contributed by atoms with Crippen LogP contribution in [0.1, 0.15) is 18.4 Å². The van der Waals surface area contributed by atoms with E-state index in [1.54, 1.807) is 19.2 Å². The van der Waals surface area contributed by atoms with Gasteiger partial charge in [-0.05, 0) is 38.1 Å². The fraction of sp³-hybridized carbons (Fsp3) is 0.571. The van der Waals surface area contributed by atoms with Crippen molar-refractivity contribution < 1.29 is 9.13 Å². The molecule has 0 amide bonds. The zero-order valence-electron chi connectivity index (χ0n) is 10.9. The predicted molar refractivity (Wildman–Crippen MR) is 70.3 cm³/mol. The molecule has 2 rings (SSSR count). The summed E-state index contributed by atoms with van der Waals surface area (Å²) in [6, 6.07) is 4.93. The number of nitrogens with zero attached hydrogens (tertiary/aromatic N) is 1. The lowest BCUT2D eigenvalue weighted by Crippen LogP contribution is -2.29. The maximum absolute atomic E-state index is 13.6. The first-order chi connectivity index (χ1) is 8.81. The van der Waals surface area contributed by atoms with Crippen molar-refractivity contribution in [2.45, 2.75) is 19.4 Å². The topological polar surface area (TPSA) is 24.5 Å². The summed E-state index contributed by atoms with van der Waals surface area (Å²) in [7, 11) is 1.57. The molecule has 1 heterocycles. The van der Waals surface area contributed by atoms with E-state index in [-0.39, 0.29) is 5.82 Å². The number of likely N-dealkylation sites (tertiary alicyclic amines) is 1. The van der Waals surface area contributed by atoms with Gasteiger partial charge < -0.3 is 15.0 Å². The third-order valence-electron chi connectivity index (χ3n) is 3.40. The largest absolute Gasteiger partial charge is 0.496 e. The standard InChI is InChI=1S/C14H21FN2O/c1-18-14-6-4-5-13(15)12(14)11-16-7-10-17-8-2-3-9-17/h4-6,16H,2-3,7-11H2,1H3. The average Bonchev–Trinajstić information content (AvgIpc) is 2.89. The summed E-state index contributed by atoms with van der Waals surface area (Å²) in [4.78, 5) is 2.44. The van der Waals surface area contributed by atoms with E-state index in [1.165, 1.54) is 32.0 Å². The number of hydrogen-bond acceptors (Lipinski definition) is 3. The normalized spacial score (nSPS) is 16.1. The van der Waals surface area contributed by atoms with Crippen LogP contribution < -0.4 is 10.1 Å². The van der Waals surface area contributed by atoms with Gasteiger partial charge in [0.15, 0.2) is 0 Å². The number of hydrogen-bond donors (Lipinski definition) is 1. The molecule has 1 aromatic rings. The maximum Gasteiger partial charge on any atom is 0.131 e. The molecule has 18 heavy (non-hydrogen) atoms. The van der Waals surface area contributed by atoms with Gasteiger partial charge in [0.25, 0.3) is 0 Å². The van der Waals surface area contributed by atoms with Gasteiger partial charge in [0.1, 0.15) is 11.6 Å². The quantitative estimate of drug-likeness (QED) is 0.784. The van der Waals surface area contributed by atoms with Crippen LogP contribution in [0.3, 0.4) is 0 Å². The minimum absolute atomic E-state index is 0.206. The molecule has 1 aromatic carbocycles. The van der Waals surface area contributed by atoms with Gasteiger partial charge in [0.2, 0.25) is 0 Å². The third kappa shape index (κ3) is 3.43. The highest BCUT2D eigenvalue weighted by atomic mass is 19.1. The van der Waals surface area contributed by atoms with E-state index >= 15 is 0 Å². The lowest BCUT2D eigenvalue weighted by Gasteiger charge is -2.15. The lowest BCUT2D eigenvalue weighted by atomic mass is 10.2. The molecule has 100 valence electrons. The van der Waals surface area contributed by atoms with E-state index in [0.29, 0.717) is 17.9 Å². The Morgan fingerprint density at radius 2 is 2.11 bits per heavy atom. The van der Waals surface area contributed by atoms with Crippen molar-refractivity contribution in [1.82, 2.24) is 10.2 Å². The van der Waals surface area contributed by atoms with E-state index in [9.17, 15) is 4.39 Å². The van der Waals surface area contributed by atoms with Crippen molar-refractivity contribution in [3.8, 4) is 5.75 Å². The second-order valence-electron chi connectivity index (χ2n) is 4.65. The van der Waals surface area contributed by atoms with Crippen molar-refractivity contribution in [3.63, 3.8) is 0 Å². The van der Waals surface area contributed by atoms with Crippen molar-refractivity contribution >= 4 is 0 Å². The molecule has 0 saturated carbocycles. The van der Waals surface area contributed by atoms with Crippen LogP contribution in [-0.2, 0) is 6.54 Å². The highest BCUT2D eigenvalue weighted by molar-refractivity contribution is 5.34. The lowest BCUT2D eigenvalue weighted by molar-refractivity contribution is 0.334. The molecule has 0 unspecified atom stereocenters. The average molecular weight is 252 g/mol. The van der Waals surface area contributed by atoms with Crippen LogP contribution >= 0.6 is 0 Å². The Balaban J connectivity index is 1.78. The Bertz CT molecular complexity index is 378. The predicted octanol–water partition coefficient (Wildman–Crippen LogP) is 2.02. The van der Waals surface area contributed by atoms with Gasteiger partial charge in [0.05, 0.1) is 7.11 Å². The Hall–Kier alpha value is -1.13. The Kier molecular flexibility index (Phi) is 4.96. The molecule has 0 aliphatic carbocycles. The summed E-state index contributed by atoms with van der Waals surface area (Å²) in [5.74, 6) is 0.409. The van der Waals surface area contributed by atoms with Crippen LogP contribution in [0.25, 0.3) is 0 Å². The number of halogens is 1. The van der Waals surface area contributed by atoms with Gasteiger partial charge >= 0.3 is 0 Å². The van der Waals surface area contributed by atoms with Crippen molar-refractivity contribution in [2.24, 2.45) is 0 Å². The smallest absolute Gasteiger partial charge is 0.131 e. The van der Waals surface area contributed by atoms with Gasteiger partial charge in [-0.25, -0.2) is 4.39 Å². The molecule has 3 nitrogen and oxygen atoms in total. The summed E-state index contributed by atoms with van der Waals surface area (Å²) in [6.07, 6.45) is 2.61. The van der Waals surface area contributed by atoms with E-state index in [0.717, 1.165) is 13.1 Å². The first-order valence-electron chi connectivity index (χ1n) is 6.55. The summed E-state index contributed by atoms with van der Waals surface area (Å²) in [5, 5.41) is 3.28. The number of nitrogens with one attached hydrogen (secondary N) is 1. The highest BCUT2D eigenvalue weighted by Crippen LogP contribution is 2.20. The number of benzene rings is 1. The molecule has 0 atom stereocenters. The van der Waals surface area contributed by atoms with E-state index in [4.69, 9.17) is 4.74 Å². The van der Waals surface area contributed by atoms with Crippen LogP contribution in [0.4, 0.5) is 4.39 Å². The molecule has 0 radical (unpaired) electrons. The molecular weight excluding hydrogens is 231 g/mol. The zero-order chi connectivity index (χ0) is 12.8. The first-order valence-corrected chi connectivity index (χ1v) is 6.55. The minimum Gasteiger partial charge on any atom is -0.496 e. The first kappa shape index (κ1) is 13.3. The summed E-state index contributed by atoms with van der Waals surface area (Å²) in [6.45, 7) is 4.84. The molecular formula is C14H21FN2O. The molecule has 0 aromatic heterocycles. The number of ether oxygens (including phenoxy) is 1. The number of methoxy groups -OCH3 is 1. The summed E-state index contributed by atoms with van der Waals surface area (Å²) in [5.41, 5.74) is 0.612. The molecule has 1 aliphatic rings. The van der Waals surface area contributed by atoms with Gasteiger partial charge in [-0.3, -0.25) is 0 Å². The molecule has 1 saturated heterocycles. The fourth-order valence-electron chi connectivity index (χ4n) is 2.36. The van der Waals surface area contributed by atoms with Crippen molar-refractivity contribution in [3.05, 3.63) is 29.6 Å². The zero-order valence-corrected chi connectivity index (χ0v) is 10.9. The van der Waals surface area contributed by atoms with E-state index in [1.807, 2.05) is 0 Å². The van der Waals surface area contributed by atoms with Gasteiger partial charge in [-0.1, -0.05) is 6.07 Å². The summed E-state index contributed by atoms with van der Waals surface area (Å²) < 4.78 is 18.8. The second kappa shape index (κ2) is 6.71. The van der Waals surface area contributed by atoms with Crippen LogP contribution in [0.15, 0.2) is 18.2 Å². The molecule has 1 N–H and O–H groups in total. The van der Waals surface area contributed by atoms with Gasteiger partial charge in [-0.15, -0.1) is 0 Å². The van der Waals surface area contributed by atoms with Crippen molar-refractivity contribution in [1.29, 1.82) is 0 Å². The fourth-order valence-corrected chi connectivity index (χ4v) is 2.36. The monoisotopic (exact) mass is 252 g/mol. The SMILES string of the molecule is COc1cccc(F)c1CNCCN1CCCC1. The summed E-state index contributed by atoms with van der Waals surface area (Å²) >= 11 is 0. The van der Waals surface area contributed by atoms with Crippen molar-refractivity contribution in [2.75, 3.05) is 33.3 Å². The third-order valence-corrected chi connectivity index (χ3v) is 3.40. The van der Waals surface area contributed by atoms with Crippen LogP contribution in [0.2, 0.25) is 0 Å². The molecule has 1 aliphatic heterocycles. The Labute approximate surface area is 108 Å². The van der Waals surface area contributed by atoms with Gasteiger partial charge in [-0.2, -0.15) is 0 Å². The molecule has 1 fully saturated rings. The molecule has 0 bridgehead atoms. The van der Waals surface area contributed by atoms with Gasteiger partial charge in [0, 0.05) is 25.2 Å². The highest BCUT2D eigenvalue weighted by Gasteiger charge is 2.11. The Morgan fingerprint density at radius 1 is 1.33 bits per heavy atom. The Morgan fingerprint density at radius 3 is 2.83 bits per heavy atom. The minimum atomic E-state index is -0.206. The van der Waals surface area contributed by atoms with E-state index < -0.39 is 0 Å². The number of rotatable bonds is 6.